The van der Waals surface area contributed by atoms with E-state index in [1.54, 1.807) is 27.6 Å². The Labute approximate surface area is 206 Å². The van der Waals surface area contributed by atoms with Gasteiger partial charge in [-0.3, -0.25) is 4.79 Å². The van der Waals surface area contributed by atoms with Crippen LogP contribution in [0.25, 0.3) is 5.52 Å². The van der Waals surface area contributed by atoms with Crippen LogP contribution in [0.1, 0.15) is 38.2 Å². The number of nitrogens with one attached hydrogen (secondary N) is 2. The van der Waals surface area contributed by atoms with E-state index >= 15 is 0 Å². The molecule has 5 heterocycles. The van der Waals surface area contributed by atoms with Crippen molar-refractivity contribution in [2.24, 2.45) is 0 Å². The maximum Gasteiger partial charge on any atom is 0.270 e. The van der Waals surface area contributed by atoms with Crippen molar-refractivity contribution in [2.45, 2.75) is 56.3 Å². The average Bonchev–Trinajstić information content (AvgIpc) is 3.25. The van der Waals surface area contributed by atoms with Crippen molar-refractivity contribution in [1.82, 2.24) is 19.3 Å². The predicted molar refractivity (Wildman–Crippen MR) is 133 cm³/mol. The largest absolute Gasteiger partial charge is 0.378 e. The molecule has 0 radical (unpaired) electrons. The molecular weight excluding hydrogens is 470 g/mol. The molecule has 3 fully saturated rings. The highest BCUT2D eigenvalue weighted by Gasteiger charge is 2.45. The second kappa shape index (κ2) is 9.04. The maximum atomic E-state index is 13.6. The first-order chi connectivity index (χ1) is 16.6. The Morgan fingerprint density at radius 2 is 1.83 bits per heavy atom. The molecule has 0 aliphatic carbocycles. The molecule has 3 saturated heterocycles. The van der Waals surface area contributed by atoms with Crippen molar-refractivity contribution in [3.05, 3.63) is 30.1 Å². The highest BCUT2D eigenvalue weighted by atomic mass is 32.2. The van der Waals surface area contributed by atoms with Crippen LogP contribution in [-0.2, 0) is 19.5 Å². The molecule has 0 saturated carbocycles. The summed E-state index contributed by atoms with van der Waals surface area (Å²) in [6.07, 6.45) is 1.35. The van der Waals surface area contributed by atoms with Gasteiger partial charge in [0, 0.05) is 44.5 Å². The molecule has 35 heavy (non-hydrogen) atoms. The average molecular weight is 506 g/mol. The van der Waals surface area contributed by atoms with Crippen LogP contribution in [0.2, 0.25) is 0 Å². The number of piperazine rings is 1. The number of hydrogen-bond donors (Lipinski definition) is 2. The highest BCUT2D eigenvalue weighted by molar-refractivity contribution is 7.89. The van der Waals surface area contributed by atoms with E-state index in [9.17, 15) is 13.2 Å². The van der Waals surface area contributed by atoms with Crippen molar-refractivity contribution in [2.75, 3.05) is 50.9 Å². The molecule has 10 nitrogen and oxygen atoms in total. The molecule has 3 aliphatic rings. The summed E-state index contributed by atoms with van der Waals surface area (Å²) in [6.45, 7) is 11.8. The Kier molecular flexibility index (Phi) is 6.33. The monoisotopic (exact) mass is 505 g/mol. The maximum absolute atomic E-state index is 13.6. The SMILES string of the molecule is CC1OCC1(C)NS(=O)(=O)c1cc(N2C[C@H](C)N[C@@H](C)C2)c2ccc(C(=O)N3CCOCC3)n2c1. The highest BCUT2D eigenvalue weighted by Crippen LogP contribution is 2.32. The number of fused-ring (bicyclic) bond motifs is 1. The fraction of sp³-hybridized carbons (Fsp3) is 0.625. The number of rotatable bonds is 5. The fourth-order valence-corrected chi connectivity index (χ4v) is 6.64. The first-order valence-electron chi connectivity index (χ1n) is 12.3. The van der Waals surface area contributed by atoms with E-state index in [1.807, 2.05) is 19.9 Å². The second-order valence-electron chi connectivity index (χ2n) is 10.3. The minimum atomic E-state index is -3.87. The quantitative estimate of drug-likeness (QED) is 0.626. The Balaban J connectivity index is 1.60. The van der Waals surface area contributed by atoms with Crippen molar-refractivity contribution < 1.29 is 22.7 Å². The number of amides is 1. The Morgan fingerprint density at radius 3 is 2.43 bits per heavy atom. The number of carbonyl (C=O) groups excluding carboxylic acids is 1. The molecule has 0 spiro atoms. The van der Waals surface area contributed by atoms with Gasteiger partial charge >= 0.3 is 0 Å². The van der Waals surface area contributed by atoms with Gasteiger partial charge in [0.1, 0.15) is 10.6 Å². The van der Waals surface area contributed by atoms with Gasteiger partial charge in [-0.2, -0.15) is 0 Å². The summed E-state index contributed by atoms with van der Waals surface area (Å²) in [5, 5.41) is 3.52. The predicted octanol–water partition coefficient (Wildman–Crippen LogP) is 1.05. The lowest BCUT2D eigenvalue weighted by Crippen LogP contribution is -2.65. The number of pyridine rings is 1. The molecule has 192 valence electrons. The molecule has 4 atom stereocenters. The third-order valence-corrected chi connectivity index (χ3v) is 8.92. The topological polar surface area (TPSA) is 105 Å². The molecule has 2 aromatic heterocycles. The van der Waals surface area contributed by atoms with Crippen molar-refractivity contribution in [1.29, 1.82) is 0 Å². The summed E-state index contributed by atoms with van der Waals surface area (Å²) in [6, 6.07) is 5.92. The molecule has 0 bridgehead atoms. The Bertz CT molecular complexity index is 1210. The smallest absolute Gasteiger partial charge is 0.270 e. The van der Waals surface area contributed by atoms with E-state index in [-0.39, 0.29) is 29.0 Å². The van der Waals surface area contributed by atoms with Crippen LogP contribution in [0, 0.1) is 0 Å². The van der Waals surface area contributed by atoms with Crippen LogP contribution in [-0.4, -0.2) is 93.4 Å². The van der Waals surface area contributed by atoms with Crippen LogP contribution in [0.5, 0.6) is 0 Å². The third-order valence-electron chi connectivity index (χ3n) is 7.34. The van der Waals surface area contributed by atoms with Gasteiger partial charge in [0.15, 0.2) is 0 Å². The zero-order valence-corrected chi connectivity index (χ0v) is 21.6. The summed E-state index contributed by atoms with van der Waals surface area (Å²) < 4.78 is 42.6. The van der Waals surface area contributed by atoms with Gasteiger partial charge < -0.3 is 29.0 Å². The van der Waals surface area contributed by atoms with Gasteiger partial charge in [-0.1, -0.05) is 0 Å². The van der Waals surface area contributed by atoms with Crippen molar-refractivity contribution >= 4 is 27.1 Å². The number of morpholine rings is 1. The lowest BCUT2D eigenvalue weighted by atomic mass is 9.93. The number of carbonyl (C=O) groups is 1. The van der Waals surface area contributed by atoms with Crippen molar-refractivity contribution in [3.63, 3.8) is 0 Å². The minimum absolute atomic E-state index is 0.128. The van der Waals surface area contributed by atoms with Gasteiger partial charge in [-0.05, 0) is 45.9 Å². The number of aromatic nitrogens is 1. The van der Waals surface area contributed by atoms with Crippen LogP contribution >= 0.6 is 0 Å². The summed E-state index contributed by atoms with van der Waals surface area (Å²) in [4.78, 5) is 17.5. The molecule has 2 aromatic rings. The normalized spacial score (nSPS) is 29.9. The summed E-state index contributed by atoms with van der Waals surface area (Å²) in [7, 11) is -3.87. The summed E-state index contributed by atoms with van der Waals surface area (Å²) >= 11 is 0. The molecule has 3 aliphatic heterocycles. The second-order valence-corrected chi connectivity index (χ2v) is 12.0. The van der Waals surface area contributed by atoms with Gasteiger partial charge in [-0.25, -0.2) is 13.1 Å². The zero-order chi connectivity index (χ0) is 25.0. The summed E-state index contributed by atoms with van der Waals surface area (Å²) in [5.74, 6) is -0.128. The number of sulfonamides is 1. The van der Waals surface area contributed by atoms with E-state index in [1.165, 1.54) is 0 Å². The molecule has 0 aromatic carbocycles. The molecule has 5 rings (SSSR count). The van der Waals surface area contributed by atoms with E-state index in [2.05, 4.69) is 28.8 Å². The van der Waals surface area contributed by atoms with Crippen LogP contribution in [0.4, 0.5) is 5.69 Å². The van der Waals surface area contributed by atoms with Gasteiger partial charge in [0.25, 0.3) is 5.91 Å². The fourth-order valence-electron chi connectivity index (χ4n) is 5.17. The van der Waals surface area contributed by atoms with E-state index in [0.29, 0.717) is 38.6 Å². The van der Waals surface area contributed by atoms with E-state index in [4.69, 9.17) is 9.47 Å². The lowest BCUT2D eigenvalue weighted by molar-refractivity contribution is -0.120. The molecule has 2 N–H and O–H groups in total. The van der Waals surface area contributed by atoms with Gasteiger partial charge in [0.05, 0.1) is 42.7 Å². The van der Waals surface area contributed by atoms with Gasteiger partial charge in [-0.15, -0.1) is 0 Å². The number of ether oxygens (including phenoxy) is 2. The first-order valence-corrected chi connectivity index (χ1v) is 13.7. The van der Waals surface area contributed by atoms with Crippen LogP contribution in [0.15, 0.2) is 29.3 Å². The molecule has 2 unspecified atom stereocenters. The number of hydrogen-bond acceptors (Lipinski definition) is 7. The third kappa shape index (κ3) is 4.55. The first kappa shape index (κ1) is 24.5. The zero-order valence-electron chi connectivity index (χ0n) is 20.8. The van der Waals surface area contributed by atoms with Gasteiger partial charge in [0.2, 0.25) is 10.0 Å². The molecular formula is C24H35N5O5S. The van der Waals surface area contributed by atoms with Crippen LogP contribution < -0.4 is 14.9 Å². The standard InChI is InChI=1S/C24H35N5O5S/c1-16-12-28(13-17(2)25-16)22-11-19(35(31,32)26-24(4)15-34-18(24)3)14-29-20(22)5-6-21(29)23(30)27-7-9-33-10-8-27/h5-6,11,14,16-18,25-26H,7-10,12-13,15H2,1-4H3/t16-,17-,18?,24?/m0/s1. The number of nitrogens with zero attached hydrogens (tertiary/aromatic N) is 3. The summed E-state index contributed by atoms with van der Waals surface area (Å²) in [5.41, 5.74) is 1.39. The lowest BCUT2D eigenvalue weighted by Gasteiger charge is -2.45. The Hall–Kier alpha value is -2.18. The molecule has 1 amide bonds. The van der Waals surface area contributed by atoms with E-state index in [0.717, 1.165) is 24.3 Å². The minimum Gasteiger partial charge on any atom is -0.378 e. The number of anilines is 1. The van der Waals surface area contributed by atoms with Crippen molar-refractivity contribution in [3.8, 4) is 0 Å². The van der Waals surface area contributed by atoms with E-state index < -0.39 is 15.6 Å². The Morgan fingerprint density at radius 1 is 1.14 bits per heavy atom. The van der Waals surface area contributed by atoms with Crippen LogP contribution in [0.3, 0.4) is 0 Å². The molecule has 11 heteroatoms.